The summed E-state index contributed by atoms with van der Waals surface area (Å²) in [5.74, 6) is 0.612. The number of nitrogens with zero attached hydrogens (tertiary/aromatic N) is 3. The van der Waals surface area contributed by atoms with Gasteiger partial charge in [0.2, 0.25) is 0 Å². The van der Waals surface area contributed by atoms with Gasteiger partial charge < -0.3 is 9.80 Å². The number of rotatable bonds is 2. The summed E-state index contributed by atoms with van der Waals surface area (Å²) in [7, 11) is 7.19. The van der Waals surface area contributed by atoms with Crippen LogP contribution in [0.4, 0.5) is 13.2 Å². The van der Waals surface area contributed by atoms with Gasteiger partial charge in [0.1, 0.15) is 0 Å². The molecule has 0 unspecified atom stereocenters. The third kappa shape index (κ3) is 6.01. The molecule has 0 heterocycles. The first-order valence-corrected chi connectivity index (χ1v) is 6.67. The van der Waals surface area contributed by atoms with Crippen LogP contribution in [-0.4, -0.2) is 44.0 Å². The molecule has 0 fully saturated rings. The van der Waals surface area contributed by atoms with Gasteiger partial charge in [-0.25, -0.2) is 4.99 Å². The summed E-state index contributed by atoms with van der Waals surface area (Å²) in [4.78, 5) is 7.76. The van der Waals surface area contributed by atoms with Crippen LogP contribution in [-0.2, 0) is 12.7 Å². The predicted octanol–water partition coefficient (Wildman–Crippen LogP) is 4.07. The number of halogens is 5. The van der Waals surface area contributed by atoms with Gasteiger partial charge >= 0.3 is 6.18 Å². The van der Waals surface area contributed by atoms with Crippen molar-refractivity contribution in [2.75, 3.05) is 28.2 Å². The first-order chi connectivity index (χ1) is 9.12. The molecular formula is C13H18BrF3IN3. The molecule has 0 saturated heterocycles. The van der Waals surface area contributed by atoms with E-state index in [0.29, 0.717) is 10.4 Å². The fourth-order valence-electron chi connectivity index (χ4n) is 1.79. The van der Waals surface area contributed by atoms with E-state index in [1.807, 2.05) is 0 Å². The molecule has 0 aliphatic rings. The highest BCUT2D eigenvalue weighted by molar-refractivity contribution is 14.0. The number of hydrogen-bond donors (Lipinski definition) is 0. The zero-order valence-corrected chi connectivity index (χ0v) is 16.1. The van der Waals surface area contributed by atoms with Gasteiger partial charge in [0, 0.05) is 32.7 Å². The molecule has 0 N–H and O–H groups in total. The Morgan fingerprint density at radius 1 is 1.14 bits per heavy atom. The second-order valence-corrected chi connectivity index (χ2v) is 5.62. The van der Waals surface area contributed by atoms with Gasteiger partial charge in [-0.15, -0.1) is 24.0 Å². The van der Waals surface area contributed by atoms with E-state index in [1.165, 1.54) is 6.07 Å². The SMILES string of the molecule is CN(C)C(=NCc1ccc(Br)cc1C(F)(F)F)N(C)C.I. The highest BCUT2D eigenvalue weighted by Gasteiger charge is 2.33. The Labute approximate surface area is 148 Å². The van der Waals surface area contributed by atoms with Crippen LogP contribution in [0.5, 0.6) is 0 Å². The molecule has 0 saturated carbocycles. The highest BCUT2D eigenvalue weighted by atomic mass is 127. The van der Waals surface area contributed by atoms with Crippen molar-refractivity contribution in [1.29, 1.82) is 0 Å². The number of alkyl halides is 3. The van der Waals surface area contributed by atoms with Gasteiger partial charge in [0.25, 0.3) is 0 Å². The van der Waals surface area contributed by atoms with Crippen molar-refractivity contribution in [3.05, 3.63) is 33.8 Å². The van der Waals surface area contributed by atoms with Gasteiger partial charge in [-0.3, -0.25) is 0 Å². The Morgan fingerprint density at radius 3 is 2.10 bits per heavy atom. The summed E-state index contributed by atoms with van der Waals surface area (Å²) in [5, 5.41) is 0. The second kappa shape index (κ2) is 8.21. The maximum absolute atomic E-state index is 13.0. The van der Waals surface area contributed by atoms with E-state index in [4.69, 9.17) is 0 Å². The first kappa shape index (κ1) is 20.5. The molecule has 21 heavy (non-hydrogen) atoms. The third-order valence-corrected chi connectivity index (χ3v) is 3.06. The minimum atomic E-state index is -4.38. The van der Waals surface area contributed by atoms with Crippen LogP contribution in [0.2, 0.25) is 0 Å². The number of aliphatic imine (C=N–C) groups is 1. The van der Waals surface area contributed by atoms with E-state index in [2.05, 4.69) is 20.9 Å². The van der Waals surface area contributed by atoms with Crippen molar-refractivity contribution in [3.63, 3.8) is 0 Å². The monoisotopic (exact) mass is 479 g/mol. The number of hydrogen-bond acceptors (Lipinski definition) is 1. The van der Waals surface area contributed by atoms with Crippen molar-refractivity contribution in [1.82, 2.24) is 9.80 Å². The first-order valence-electron chi connectivity index (χ1n) is 5.87. The lowest BCUT2D eigenvalue weighted by Crippen LogP contribution is -2.35. The summed E-state index contributed by atoms with van der Waals surface area (Å²) in [5.41, 5.74) is -0.505. The molecule has 0 amide bonds. The molecule has 1 aromatic rings. The maximum atomic E-state index is 13.0. The van der Waals surface area contributed by atoms with Crippen LogP contribution < -0.4 is 0 Å². The normalized spacial score (nSPS) is 10.7. The lowest BCUT2D eigenvalue weighted by molar-refractivity contribution is -0.138. The van der Waals surface area contributed by atoms with Gasteiger partial charge in [-0.05, 0) is 17.7 Å². The van der Waals surface area contributed by atoms with Crippen LogP contribution in [0.15, 0.2) is 27.7 Å². The Hall–Kier alpha value is -0.510. The van der Waals surface area contributed by atoms with Crippen LogP contribution in [0.3, 0.4) is 0 Å². The lowest BCUT2D eigenvalue weighted by atomic mass is 10.1. The average molecular weight is 480 g/mol. The van der Waals surface area contributed by atoms with Crippen molar-refractivity contribution in [2.45, 2.75) is 12.7 Å². The molecule has 8 heteroatoms. The Balaban J connectivity index is 0.00000400. The minimum absolute atomic E-state index is 0. The largest absolute Gasteiger partial charge is 0.416 e. The average Bonchev–Trinajstić information content (AvgIpc) is 2.28. The molecule has 0 aliphatic heterocycles. The highest BCUT2D eigenvalue weighted by Crippen LogP contribution is 2.34. The van der Waals surface area contributed by atoms with Crippen LogP contribution in [0.25, 0.3) is 0 Å². The fourth-order valence-corrected chi connectivity index (χ4v) is 2.15. The molecule has 3 nitrogen and oxygen atoms in total. The van der Waals surface area contributed by atoms with Crippen molar-refractivity contribution >= 4 is 45.9 Å². The zero-order chi connectivity index (χ0) is 15.5. The zero-order valence-electron chi connectivity index (χ0n) is 12.2. The van der Waals surface area contributed by atoms with Crippen LogP contribution >= 0.6 is 39.9 Å². The minimum Gasteiger partial charge on any atom is -0.349 e. The van der Waals surface area contributed by atoms with Crippen LogP contribution in [0.1, 0.15) is 11.1 Å². The molecule has 0 aromatic heterocycles. The van der Waals surface area contributed by atoms with E-state index < -0.39 is 11.7 Å². The Bertz CT molecular complexity index is 492. The van der Waals surface area contributed by atoms with E-state index in [0.717, 1.165) is 6.07 Å². The summed E-state index contributed by atoms with van der Waals surface area (Å²) in [6, 6.07) is 4.11. The maximum Gasteiger partial charge on any atom is 0.416 e. The summed E-state index contributed by atoms with van der Waals surface area (Å²) in [6.45, 7) is -0.0200. The molecule has 1 rings (SSSR count). The van der Waals surface area contributed by atoms with Gasteiger partial charge in [0.15, 0.2) is 5.96 Å². The Kier molecular flexibility index (Phi) is 8.01. The smallest absolute Gasteiger partial charge is 0.349 e. The van der Waals surface area contributed by atoms with Gasteiger partial charge in [-0.1, -0.05) is 22.0 Å². The molecule has 0 bridgehead atoms. The number of guanidine groups is 1. The van der Waals surface area contributed by atoms with Crippen molar-refractivity contribution in [3.8, 4) is 0 Å². The topological polar surface area (TPSA) is 18.8 Å². The van der Waals surface area contributed by atoms with E-state index in [9.17, 15) is 13.2 Å². The third-order valence-electron chi connectivity index (χ3n) is 2.57. The van der Waals surface area contributed by atoms with Gasteiger partial charge in [-0.2, -0.15) is 13.2 Å². The quantitative estimate of drug-likeness (QED) is 0.362. The molecule has 0 spiro atoms. The van der Waals surface area contributed by atoms with Gasteiger partial charge in [0.05, 0.1) is 12.1 Å². The van der Waals surface area contributed by atoms with E-state index in [1.54, 1.807) is 44.1 Å². The standard InChI is InChI=1S/C13H17BrF3N3.HI/c1-19(2)12(20(3)4)18-8-9-5-6-10(14)7-11(9)13(15,16)17;/h5-7H,8H2,1-4H3;1H. The lowest BCUT2D eigenvalue weighted by Gasteiger charge is -2.23. The Morgan fingerprint density at radius 2 is 1.67 bits per heavy atom. The molecule has 120 valence electrons. The molecule has 0 radical (unpaired) electrons. The van der Waals surface area contributed by atoms with Crippen LogP contribution in [0, 0.1) is 0 Å². The second-order valence-electron chi connectivity index (χ2n) is 4.70. The van der Waals surface area contributed by atoms with E-state index >= 15 is 0 Å². The number of benzene rings is 1. The van der Waals surface area contributed by atoms with E-state index in [-0.39, 0.29) is 36.1 Å². The molecule has 0 atom stereocenters. The summed E-state index contributed by atoms with van der Waals surface area (Å²) < 4.78 is 39.3. The molecule has 1 aromatic carbocycles. The molecular weight excluding hydrogens is 462 g/mol. The molecule has 0 aliphatic carbocycles. The fraction of sp³-hybridized carbons (Fsp3) is 0.462. The summed E-state index contributed by atoms with van der Waals surface area (Å²) >= 11 is 3.06. The summed E-state index contributed by atoms with van der Waals surface area (Å²) in [6.07, 6.45) is -4.38. The van der Waals surface area contributed by atoms with Crippen molar-refractivity contribution < 1.29 is 13.2 Å². The van der Waals surface area contributed by atoms with Crippen molar-refractivity contribution in [2.24, 2.45) is 4.99 Å². The predicted molar refractivity (Wildman–Crippen MR) is 93.1 cm³/mol.